The van der Waals surface area contributed by atoms with Crippen LogP contribution >= 0.6 is 24.0 Å². The normalized spacial score (nSPS) is 11.5. The van der Waals surface area contributed by atoms with Gasteiger partial charge >= 0.3 is 6.18 Å². The molecule has 0 saturated heterocycles. The van der Waals surface area contributed by atoms with Crippen LogP contribution in [-0.4, -0.2) is 18.9 Å². The summed E-state index contributed by atoms with van der Waals surface area (Å²) in [5, 5.41) is 8.59. The van der Waals surface area contributed by atoms with Crippen molar-refractivity contribution < 1.29 is 22.4 Å². The largest absolute Gasteiger partial charge is 0.416 e. The van der Waals surface area contributed by atoms with Gasteiger partial charge in [0.25, 0.3) is 0 Å². The zero-order valence-corrected chi connectivity index (χ0v) is 19.5. The zero-order chi connectivity index (χ0) is 22.1. The number of guanidine groups is 1. The molecule has 0 aliphatic heterocycles. The van der Waals surface area contributed by atoms with Gasteiger partial charge in [0.05, 0.1) is 5.56 Å². The van der Waals surface area contributed by atoms with Crippen molar-refractivity contribution in [2.24, 2.45) is 4.99 Å². The number of alkyl halides is 3. The molecule has 5 nitrogen and oxygen atoms in total. The zero-order valence-electron chi connectivity index (χ0n) is 17.1. The molecule has 0 saturated carbocycles. The smallest absolute Gasteiger partial charge is 0.352 e. The van der Waals surface area contributed by atoms with Gasteiger partial charge in [-0.05, 0) is 41.8 Å². The fourth-order valence-corrected chi connectivity index (χ4v) is 2.71. The molecule has 3 N–H and O–H groups in total. The summed E-state index contributed by atoms with van der Waals surface area (Å²) < 4.78 is 52.5. The molecule has 0 aliphatic rings. The van der Waals surface area contributed by atoms with E-state index in [9.17, 15) is 22.4 Å². The quantitative estimate of drug-likeness (QED) is 0.195. The first-order chi connectivity index (χ1) is 14.2. The number of benzene rings is 2. The Labute approximate surface area is 195 Å². The van der Waals surface area contributed by atoms with Gasteiger partial charge in [-0.1, -0.05) is 25.1 Å². The summed E-state index contributed by atoms with van der Waals surface area (Å²) in [5.41, 5.74) is 0.477. The lowest BCUT2D eigenvalue weighted by atomic mass is 10.1. The summed E-state index contributed by atoms with van der Waals surface area (Å²) in [6, 6.07) is 9.76. The standard InChI is InChI=1S/C21H24F4N4O.HI/c1-3-4-19(30)29-17-9-5-14(6-10-17)12-27-20(26-2)28-13-15-7-8-16(22)11-18(15)21(23,24)25;/h5-11H,3-4,12-13H2,1-2H3,(H,29,30)(H2,26,27,28);1H. The number of halogens is 5. The molecule has 170 valence electrons. The molecule has 0 fully saturated rings. The average Bonchev–Trinajstić information content (AvgIpc) is 2.69. The summed E-state index contributed by atoms with van der Waals surface area (Å²) in [6.45, 7) is 2.13. The topological polar surface area (TPSA) is 65.5 Å². The third kappa shape index (κ3) is 8.72. The third-order valence-corrected chi connectivity index (χ3v) is 4.22. The lowest BCUT2D eigenvalue weighted by Gasteiger charge is -2.16. The van der Waals surface area contributed by atoms with Crippen LogP contribution in [-0.2, 0) is 24.1 Å². The van der Waals surface area contributed by atoms with Crippen LogP contribution < -0.4 is 16.0 Å². The molecular formula is C21H25F4IN4O. The highest BCUT2D eigenvalue weighted by atomic mass is 127. The fraction of sp³-hybridized carbons (Fsp3) is 0.333. The van der Waals surface area contributed by atoms with Crippen LogP contribution in [0, 0.1) is 5.82 Å². The Hall–Kier alpha value is -2.37. The lowest BCUT2D eigenvalue weighted by molar-refractivity contribution is -0.138. The minimum Gasteiger partial charge on any atom is -0.352 e. The Morgan fingerprint density at radius 2 is 1.68 bits per heavy atom. The van der Waals surface area contributed by atoms with Crippen LogP contribution in [0.5, 0.6) is 0 Å². The number of nitrogens with one attached hydrogen (secondary N) is 3. The average molecular weight is 552 g/mol. The van der Waals surface area contributed by atoms with E-state index in [1.165, 1.54) is 7.05 Å². The second-order valence-electron chi connectivity index (χ2n) is 6.57. The van der Waals surface area contributed by atoms with E-state index in [2.05, 4.69) is 20.9 Å². The number of carbonyl (C=O) groups is 1. The minimum atomic E-state index is -4.65. The number of anilines is 1. The molecule has 0 unspecified atom stereocenters. The van der Waals surface area contributed by atoms with Gasteiger partial charge in [-0.25, -0.2) is 4.39 Å². The number of rotatable bonds is 7. The van der Waals surface area contributed by atoms with Crippen molar-refractivity contribution in [1.29, 1.82) is 0 Å². The van der Waals surface area contributed by atoms with Gasteiger partial charge in [-0.2, -0.15) is 13.2 Å². The summed E-state index contributed by atoms with van der Waals surface area (Å²) in [6.07, 6.45) is -3.43. The maximum atomic E-state index is 13.2. The fourth-order valence-electron chi connectivity index (χ4n) is 2.71. The number of hydrogen-bond acceptors (Lipinski definition) is 2. The van der Waals surface area contributed by atoms with Crippen LogP contribution in [0.15, 0.2) is 47.5 Å². The first-order valence-corrected chi connectivity index (χ1v) is 9.42. The van der Waals surface area contributed by atoms with E-state index < -0.39 is 17.6 Å². The van der Waals surface area contributed by atoms with Gasteiger partial charge < -0.3 is 16.0 Å². The van der Waals surface area contributed by atoms with Gasteiger partial charge in [0, 0.05) is 32.2 Å². The number of carbonyl (C=O) groups excluding carboxylic acids is 1. The second kappa shape index (κ2) is 12.5. The van der Waals surface area contributed by atoms with Gasteiger partial charge in [0.2, 0.25) is 5.91 Å². The molecular weight excluding hydrogens is 527 g/mol. The highest BCUT2D eigenvalue weighted by Crippen LogP contribution is 2.32. The number of amides is 1. The van der Waals surface area contributed by atoms with Crippen LogP contribution in [0.1, 0.15) is 36.5 Å². The van der Waals surface area contributed by atoms with Crippen molar-refractivity contribution in [3.05, 3.63) is 65.0 Å². The Morgan fingerprint density at radius 1 is 1.03 bits per heavy atom. The molecule has 0 aromatic heterocycles. The van der Waals surface area contributed by atoms with Gasteiger partial charge in [0.15, 0.2) is 5.96 Å². The van der Waals surface area contributed by atoms with Crippen LogP contribution in [0.4, 0.5) is 23.2 Å². The van der Waals surface area contributed by atoms with Crippen LogP contribution in [0.25, 0.3) is 0 Å². The molecule has 2 aromatic carbocycles. The van der Waals surface area contributed by atoms with Crippen molar-refractivity contribution in [2.75, 3.05) is 12.4 Å². The van der Waals surface area contributed by atoms with E-state index in [1.54, 1.807) is 12.1 Å². The number of nitrogens with zero attached hydrogens (tertiary/aromatic N) is 1. The van der Waals surface area contributed by atoms with Gasteiger partial charge in [0.1, 0.15) is 5.82 Å². The highest BCUT2D eigenvalue weighted by Gasteiger charge is 2.33. The Bertz CT molecular complexity index is 886. The van der Waals surface area contributed by atoms with E-state index >= 15 is 0 Å². The molecule has 10 heteroatoms. The summed E-state index contributed by atoms with van der Waals surface area (Å²) in [7, 11) is 1.50. The molecule has 0 aliphatic carbocycles. The molecule has 0 radical (unpaired) electrons. The molecule has 0 heterocycles. The van der Waals surface area contributed by atoms with Crippen molar-refractivity contribution in [3.8, 4) is 0 Å². The van der Waals surface area contributed by atoms with E-state index in [4.69, 9.17) is 0 Å². The first-order valence-electron chi connectivity index (χ1n) is 9.42. The Morgan fingerprint density at radius 3 is 2.26 bits per heavy atom. The SMILES string of the molecule is CCCC(=O)Nc1ccc(CNC(=NC)NCc2ccc(F)cc2C(F)(F)F)cc1.I. The maximum absolute atomic E-state index is 13.2. The Kier molecular flexibility index (Phi) is 10.7. The number of hydrogen-bond donors (Lipinski definition) is 3. The van der Waals surface area contributed by atoms with E-state index in [0.29, 0.717) is 30.7 Å². The van der Waals surface area contributed by atoms with Crippen LogP contribution in [0.3, 0.4) is 0 Å². The highest BCUT2D eigenvalue weighted by molar-refractivity contribution is 14.0. The molecule has 0 atom stereocenters. The molecule has 0 spiro atoms. The maximum Gasteiger partial charge on any atom is 0.416 e. The minimum absolute atomic E-state index is 0. The lowest BCUT2D eigenvalue weighted by Crippen LogP contribution is -2.36. The summed E-state index contributed by atoms with van der Waals surface area (Å²) in [4.78, 5) is 15.6. The van der Waals surface area contributed by atoms with Gasteiger partial charge in [-0.3, -0.25) is 9.79 Å². The predicted molar refractivity (Wildman–Crippen MR) is 124 cm³/mol. The van der Waals surface area contributed by atoms with Gasteiger partial charge in [-0.15, -0.1) is 24.0 Å². The van der Waals surface area contributed by atoms with Crippen molar-refractivity contribution in [3.63, 3.8) is 0 Å². The van der Waals surface area contributed by atoms with Crippen molar-refractivity contribution >= 4 is 41.5 Å². The van der Waals surface area contributed by atoms with E-state index in [-0.39, 0.29) is 42.0 Å². The van der Waals surface area contributed by atoms with Crippen molar-refractivity contribution in [1.82, 2.24) is 10.6 Å². The molecule has 2 aromatic rings. The monoisotopic (exact) mass is 552 g/mol. The number of aliphatic imine (C=N–C) groups is 1. The second-order valence-corrected chi connectivity index (χ2v) is 6.57. The predicted octanol–water partition coefficient (Wildman–Crippen LogP) is 5.07. The third-order valence-electron chi connectivity index (χ3n) is 4.22. The van der Waals surface area contributed by atoms with E-state index in [0.717, 1.165) is 24.1 Å². The molecule has 1 amide bonds. The molecule has 31 heavy (non-hydrogen) atoms. The Balaban J connectivity index is 0.00000480. The molecule has 0 bridgehead atoms. The van der Waals surface area contributed by atoms with Crippen molar-refractivity contribution in [2.45, 2.75) is 39.0 Å². The van der Waals surface area contributed by atoms with E-state index in [1.807, 2.05) is 19.1 Å². The van der Waals surface area contributed by atoms with Crippen LogP contribution in [0.2, 0.25) is 0 Å². The first kappa shape index (κ1) is 26.7. The molecule has 2 rings (SSSR count). The summed E-state index contributed by atoms with van der Waals surface area (Å²) in [5.74, 6) is -0.692. The summed E-state index contributed by atoms with van der Waals surface area (Å²) >= 11 is 0.